The van der Waals surface area contributed by atoms with Crippen molar-refractivity contribution >= 4 is 39.9 Å². The lowest BCUT2D eigenvalue weighted by Crippen LogP contribution is -2.03. The molecule has 0 saturated carbocycles. The van der Waals surface area contributed by atoms with E-state index in [4.69, 9.17) is 42.1 Å². The number of para-hydroxylation sites is 1. The first kappa shape index (κ1) is 19.4. The van der Waals surface area contributed by atoms with E-state index in [2.05, 4.69) is 0 Å². The predicted octanol–water partition coefficient (Wildman–Crippen LogP) is 6.66. The van der Waals surface area contributed by atoms with Crippen molar-refractivity contribution in [1.29, 1.82) is 0 Å². The Bertz CT molecular complexity index is 1240. The first-order chi connectivity index (χ1) is 14.1. The molecule has 0 unspecified atom stereocenters. The van der Waals surface area contributed by atoms with Crippen molar-refractivity contribution in [1.82, 2.24) is 0 Å². The lowest BCUT2D eigenvalue weighted by molar-refractivity contribution is 0.355. The van der Waals surface area contributed by atoms with Gasteiger partial charge in [0, 0.05) is 27.1 Å². The summed E-state index contributed by atoms with van der Waals surface area (Å²) in [5.41, 5.74) is 2.22. The van der Waals surface area contributed by atoms with Gasteiger partial charge in [-0.25, -0.2) is 4.99 Å². The molecule has 0 spiro atoms. The number of benzene rings is 3. The monoisotopic (exact) mass is 425 g/mol. The first-order valence-corrected chi connectivity index (χ1v) is 9.59. The molecule has 4 rings (SSSR count). The fourth-order valence-electron chi connectivity index (χ4n) is 3.08. The van der Waals surface area contributed by atoms with E-state index in [1.165, 1.54) is 0 Å². The minimum atomic E-state index is 0.529. The molecule has 0 aliphatic heterocycles. The third kappa shape index (κ3) is 4.09. The Morgan fingerprint density at radius 3 is 2.24 bits per heavy atom. The molecule has 29 heavy (non-hydrogen) atoms. The molecule has 0 N–H and O–H groups in total. The second-order valence-corrected chi connectivity index (χ2v) is 7.17. The molecule has 0 aliphatic rings. The number of nitrogens with zero attached hydrogens (tertiary/aromatic N) is 1. The van der Waals surface area contributed by atoms with E-state index in [-0.39, 0.29) is 0 Å². The average molecular weight is 426 g/mol. The van der Waals surface area contributed by atoms with Crippen molar-refractivity contribution in [2.24, 2.45) is 4.99 Å². The quantitative estimate of drug-likeness (QED) is 0.367. The van der Waals surface area contributed by atoms with Crippen molar-refractivity contribution in [3.63, 3.8) is 0 Å². The van der Waals surface area contributed by atoms with E-state index < -0.39 is 0 Å². The minimum Gasteiger partial charge on any atom is -0.493 e. The van der Waals surface area contributed by atoms with Crippen LogP contribution in [0.5, 0.6) is 11.5 Å². The van der Waals surface area contributed by atoms with Crippen molar-refractivity contribution in [3.8, 4) is 22.8 Å². The smallest absolute Gasteiger partial charge is 0.161 e. The number of rotatable bonds is 4. The van der Waals surface area contributed by atoms with E-state index >= 15 is 0 Å². The summed E-state index contributed by atoms with van der Waals surface area (Å²) >= 11 is 12.3. The van der Waals surface area contributed by atoms with Gasteiger partial charge in [-0.1, -0.05) is 35.3 Å². The van der Waals surface area contributed by atoms with Crippen molar-refractivity contribution < 1.29 is 13.9 Å². The minimum absolute atomic E-state index is 0.529. The maximum Gasteiger partial charge on any atom is 0.161 e. The van der Waals surface area contributed by atoms with Gasteiger partial charge < -0.3 is 13.9 Å². The Morgan fingerprint density at radius 1 is 0.793 bits per heavy atom. The number of halogens is 2. The molecular formula is C23H17Cl2NO3. The Labute approximate surface area is 177 Å². The maximum atomic E-state index is 6.14. The van der Waals surface area contributed by atoms with E-state index in [9.17, 15) is 0 Å². The molecule has 0 amide bonds. The second kappa shape index (κ2) is 8.19. The molecule has 0 saturated heterocycles. The van der Waals surface area contributed by atoms with Crippen molar-refractivity contribution in [2.45, 2.75) is 0 Å². The van der Waals surface area contributed by atoms with Crippen LogP contribution < -0.4 is 14.8 Å². The van der Waals surface area contributed by atoms with Crippen LogP contribution in [0.3, 0.4) is 0 Å². The molecule has 6 heteroatoms. The van der Waals surface area contributed by atoms with Gasteiger partial charge in [0.2, 0.25) is 0 Å². The zero-order valence-electron chi connectivity index (χ0n) is 15.8. The lowest BCUT2D eigenvalue weighted by Gasteiger charge is -2.10. The van der Waals surface area contributed by atoms with Crippen LogP contribution in [-0.2, 0) is 0 Å². The van der Waals surface area contributed by atoms with Gasteiger partial charge in [0.1, 0.15) is 11.3 Å². The summed E-state index contributed by atoms with van der Waals surface area (Å²) < 4.78 is 16.9. The number of methoxy groups -OCH3 is 2. The molecule has 4 aromatic rings. The Kier molecular flexibility index (Phi) is 5.47. The van der Waals surface area contributed by atoms with E-state index in [1.807, 2.05) is 48.5 Å². The first-order valence-electron chi connectivity index (χ1n) is 8.83. The van der Waals surface area contributed by atoms with Gasteiger partial charge in [-0.05, 0) is 48.5 Å². The molecule has 0 bridgehead atoms. The van der Waals surface area contributed by atoms with Crippen LogP contribution in [0, 0.1) is 0 Å². The zero-order valence-corrected chi connectivity index (χ0v) is 17.3. The van der Waals surface area contributed by atoms with Gasteiger partial charge in [-0.15, -0.1) is 0 Å². The lowest BCUT2D eigenvalue weighted by atomic mass is 10.1. The SMILES string of the molecule is COc1ccc(-c2cc(=Nc3cc(Cl)cc(Cl)c3)c3ccccc3o2)cc1OC. The van der Waals surface area contributed by atoms with Gasteiger partial charge in [0.25, 0.3) is 0 Å². The van der Waals surface area contributed by atoms with Gasteiger partial charge >= 0.3 is 0 Å². The highest BCUT2D eigenvalue weighted by atomic mass is 35.5. The standard InChI is InChI=1S/C23H17Cl2NO3/c1-27-21-8-7-14(9-23(21)28-2)22-13-19(18-5-3-4-6-20(18)29-22)26-17-11-15(24)10-16(25)12-17/h3-13H,1-2H3. The predicted molar refractivity (Wildman–Crippen MR) is 116 cm³/mol. The van der Waals surface area contributed by atoms with Crippen LogP contribution in [0.15, 0.2) is 76.1 Å². The van der Waals surface area contributed by atoms with Crippen molar-refractivity contribution in [2.75, 3.05) is 14.2 Å². The average Bonchev–Trinajstić information content (AvgIpc) is 2.72. The third-order valence-electron chi connectivity index (χ3n) is 4.42. The normalized spacial score (nSPS) is 11.7. The number of fused-ring (bicyclic) bond motifs is 1. The van der Waals surface area contributed by atoms with E-state index in [0.29, 0.717) is 38.6 Å². The second-order valence-electron chi connectivity index (χ2n) is 6.30. The van der Waals surface area contributed by atoms with E-state index in [1.54, 1.807) is 32.4 Å². The van der Waals surface area contributed by atoms with Gasteiger partial charge in [0.05, 0.1) is 25.3 Å². The molecular weight excluding hydrogens is 409 g/mol. The largest absolute Gasteiger partial charge is 0.493 e. The maximum absolute atomic E-state index is 6.14. The Balaban J connectivity index is 1.95. The molecule has 0 atom stereocenters. The van der Waals surface area contributed by atoms with Gasteiger partial charge in [0.15, 0.2) is 11.5 Å². The topological polar surface area (TPSA) is 44.0 Å². The zero-order chi connectivity index (χ0) is 20.4. The van der Waals surface area contributed by atoms with Crippen LogP contribution in [0.4, 0.5) is 5.69 Å². The summed E-state index contributed by atoms with van der Waals surface area (Å²) in [5.74, 6) is 1.92. The van der Waals surface area contributed by atoms with Crippen LogP contribution in [0.1, 0.15) is 0 Å². The summed E-state index contributed by atoms with van der Waals surface area (Å²) in [4.78, 5) is 4.77. The molecule has 4 nitrogen and oxygen atoms in total. The van der Waals surface area contributed by atoms with Gasteiger partial charge in [-0.2, -0.15) is 0 Å². The highest BCUT2D eigenvalue weighted by Crippen LogP contribution is 2.33. The fourth-order valence-corrected chi connectivity index (χ4v) is 3.60. The molecule has 1 heterocycles. The fraction of sp³-hybridized carbons (Fsp3) is 0.0870. The summed E-state index contributed by atoms with van der Waals surface area (Å²) in [6.07, 6.45) is 0. The van der Waals surface area contributed by atoms with E-state index in [0.717, 1.165) is 16.3 Å². The Hall–Kier alpha value is -2.95. The van der Waals surface area contributed by atoms with Gasteiger partial charge in [-0.3, -0.25) is 0 Å². The van der Waals surface area contributed by atoms with Crippen LogP contribution in [0.2, 0.25) is 10.0 Å². The summed E-state index contributed by atoms with van der Waals surface area (Å²) in [5, 5.41) is 2.69. The van der Waals surface area contributed by atoms with Crippen LogP contribution >= 0.6 is 23.2 Å². The van der Waals surface area contributed by atoms with Crippen molar-refractivity contribution in [3.05, 3.63) is 82.1 Å². The third-order valence-corrected chi connectivity index (χ3v) is 4.85. The summed E-state index contributed by atoms with van der Waals surface area (Å²) in [6, 6.07) is 20.4. The molecule has 1 aromatic heterocycles. The molecule has 146 valence electrons. The molecule has 0 aliphatic carbocycles. The van der Waals surface area contributed by atoms with Crippen LogP contribution in [0.25, 0.3) is 22.3 Å². The molecule has 0 fully saturated rings. The Morgan fingerprint density at radius 2 is 1.52 bits per heavy atom. The summed E-state index contributed by atoms with van der Waals surface area (Å²) in [6.45, 7) is 0. The number of hydrogen-bond donors (Lipinski definition) is 0. The highest BCUT2D eigenvalue weighted by molar-refractivity contribution is 6.35. The van der Waals surface area contributed by atoms with Crippen LogP contribution in [-0.4, -0.2) is 14.2 Å². The molecule has 0 radical (unpaired) electrons. The summed E-state index contributed by atoms with van der Waals surface area (Å²) in [7, 11) is 3.20. The highest BCUT2D eigenvalue weighted by Gasteiger charge is 2.10. The molecule has 3 aromatic carbocycles. The number of ether oxygens (including phenoxy) is 2. The number of hydrogen-bond acceptors (Lipinski definition) is 4.